The number of quaternary nitrogens is 1. The maximum absolute atomic E-state index is 12.5. The topological polar surface area (TPSA) is 60.6 Å². The van der Waals surface area contributed by atoms with Crippen LogP contribution in [0.25, 0.3) is 5.69 Å². The van der Waals surface area contributed by atoms with Gasteiger partial charge in [-0.1, -0.05) is 18.2 Å². The van der Waals surface area contributed by atoms with Gasteiger partial charge < -0.3 is 15.0 Å². The lowest BCUT2D eigenvalue weighted by atomic mass is 10.2. The van der Waals surface area contributed by atoms with E-state index in [0.29, 0.717) is 6.54 Å². The second-order valence-electron chi connectivity index (χ2n) is 6.93. The van der Waals surface area contributed by atoms with Crippen molar-refractivity contribution in [3.63, 3.8) is 0 Å². The molecular formula is C19H27N4O2+. The molecule has 2 N–H and O–H groups in total. The lowest BCUT2D eigenvalue weighted by molar-refractivity contribution is -0.907. The van der Waals surface area contributed by atoms with E-state index < -0.39 is 0 Å². The number of amides is 1. The van der Waals surface area contributed by atoms with Crippen molar-refractivity contribution in [2.24, 2.45) is 0 Å². The van der Waals surface area contributed by atoms with Crippen LogP contribution in [-0.2, 0) is 9.53 Å². The second kappa shape index (κ2) is 7.37. The van der Waals surface area contributed by atoms with Crippen molar-refractivity contribution >= 4 is 11.6 Å². The summed E-state index contributed by atoms with van der Waals surface area (Å²) < 4.78 is 7.61. The van der Waals surface area contributed by atoms with Gasteiger partial charge in [-0.2, -0.15) is 5.10 Å². The highest BCUT2D eigenvalue weighted by atomic mass is 16.5. The number of carbonyl (C=O) groups excluding carboxylic acids is 1. The first-order chi connectivity index (χ1) is 11.9. The quantitative estimate of drug-likeness (QED) is 0.875. The normalized spacial score (nSPS) is 23.4. The number of nitrogens with zero attached hydrogens (tertiary/aromatic N) is 2. The van der Waals surface area contributed by atoms with Crippen molar-refractivity contribution in [2.75, 3.05) is 25.0 Å². The van der Waals surface area contributed by atoms with Crippen LogP contribution in [0.15, 0.2) is 30.3 Å². The standard InChI is InChI=1S/C19H26N4O2/c1-13-10-22(11-14(2)25-13)12-18(24)20-19-15(3)21-23(16(19)4)17-8-6-5-7-9-17/h5-9,13-14H,10-12H2,1-4H3,(H,20,24)/p+1/t13-,14-/m1/s1. The number of aromatic nitrogens is 2. The van der Waals surface area contributed by atoms with Gasteiger partial charge >= 0.3 is 0 Å². The van der Waals surface area contributed by atoms with E-state index in [0.717, 1.165) is 35.9 Å². The van der Waals surface area contributed by atoms with E-state index in [-0.39, 0.29) is 18.1 Å². The molecule has 0 bridgehead atoms. The molecule has 0 spiro atoms. The SMILES string of the molecule is Cc1nn(-c2ccccc2)c(C)c1NC(=O)C[NH+]1C[C@@H](C)O[C@H](C)C1. The summed E-state index contributed by atoms with van der Waals surface area (Å²) in [5, 5.41) is 7.64. The molecule has 2 heterocycles. The Morgan fingerprint density at radius 2 is 1.88 bits per heavy atom. The fourth-order valence-electron chi connectivity index (χ4n) is 3.59. The van der Waals surface area contributed by atoms with Crippen molar-refractivity contribution in [3.8, 4) is 5.69 Å². The average Bonchev–Trinajstić information content (AvgIpc) is 2.83. The summed E-state index contributed by atoms with van der Waals surface area (Å²) in [6.45, 7) is 10.2. The zero-order chi connectivity index (χ0) is 18.0. The molecule has 1 fully saturated rings. The number of benzene rings is 1. The molecule has 1 aliphatic heterocycles. The molecule has 0 saturated carbocycles. The summed E-state index contributed by atoms with van der Waals surface area (Å²) in [6.07, 6.45) is 0.381. The Labute approximate surface area is 148 Å². The Hall–Kier alpha value is -2.18. The minimum Gasteiger partial charge on any atom is -0.364 e. The maximum Gasteiger partial charge on any atom is 0.279 e. The van der Waals surface area contributed by atoms with Crippen molar-refractivity contribution < 1.29 is 14.4 Å². The van der Waals surface area contributed by atoms with E-state index in [9.17, 15) is 4.79 Å². The van der Waals surface area contributed by atoms with Gasteiger partial charge in [-0.15, -0.1) is 0 Å². The van der Waals surface area contributed by atoms with Gasteiger partial charge in [0.1, 0.15) is 25.3 Å². The molecule has 0 radical (unpaired) electrons. The molecule has 1 saturated heterocycles. The Balaban J connectivity index is 1.70. The number of hydrogen-bond donors (Lipinski definition) is 2. The van der Waals surface area contributed by atoms with Crippen molar-refractivity contribution in [1.29, 1.82) is 0 Å². The van der Waals surface area contributed by atoms with Crippen LogP contribution in [0.1, 0.15) is 25.2 Å². The zero-order valence-corrected chi connectivity index (χ0v) is 15.4. The zero-order valence-electron chi connectivity index (χ0n) is 15.4. The largest absolute Gasteiger partial charge is 0.364 e. The summed E-state index contributed by atoms with van der Waals surface area (Å²) in [7, 11) is 0. The summed E-state index contributed by atoms with van der Waals surface area (Å²) in [4.78, 5) is 13.8. The van der Waals surface area contributed by atoms with Gasteiger partial charge in [0, 0.05) is 0 Å². The summed E-state index contributed by atoms with van der Waals surface area (Å²) >= 11 is 0. The van der Waals surface area contributed by atoms with E-state index >= 15 is 0 Å². The Morgan fingerprint density at radius 1 is 1.24 bits per heavy atom. The molecule has 25 heavy (non-hydrogen) atoms. The minimum atomic E-state index is 0.0233. The van der Waals surface area contributed by atoms with Gasteiger partial charge in [-0.25, -0.2) is 4.68 Å². The van der Waals surface area contributed by atoms with Crippen LogP contribution < -0.4 is 10.2 Å². The van der Waals surface area contributed by atoms with Gasteiger partial charge in [0.15, 0.2) is 6.54 Å². The third-order valence-corrected chi connectivity index (χ3v) is 4.58. The first-order valence-corrected chi connectivity index (χ1v) is 8.84. The van der Waals surface area contributed by atoms with E-state index in [1.54, 1.807) is 0 Å². The molecule has 2 aromatic rings. The molecule has 0 aliphatic carbocycles. The third-order valence-electron chi connectivity index (χ3n) is 4.58. The van der Waals surface area contributed by atoms with Gasteiger partial charge in [0.05, 0.1) is 22.8 Å². The monoisotopic (exact) mass is 343 g/mol. The van der Waals surface area contributed by atoms with Crippen molar-refractivity contribution in [1.82, 2.24) is 9.78 Å². The Kier molecular flexibility index (Phi) is 5.20. The fraction of sp³-hybridized carbons (Fsp3) is 0.474. The van der Waals surface area contributed by atoms with E-state index in [2.05, 4.69) is 24.3 Å². The Morgan fingerprint density at radius 3 is 2.52 bits per heavy atom. The molecule has 1 aromatic heterocycles. The van der Waals surface area contributed by atoms with Crippen LogP contribution in [0, 0.1) is 13.8 Å². The van der Waals surface area contributed by atoms with E-state index in [4.69, 9.17) is 4.74 Å². The van der Waals surface area contributed by atoms with Crippen LogP contribution in [-0.4, -0.2) is 47.5 Å². The molecule has 6 nitrogen and oxygen atoms in total. The minimum absolute atomic E-state index is 0.0233. The van der Waals surface area contributed by atoms with Crippen LogP contribution in [0.3, 0.4) is 0 Å². The summed E-state index contributed by atoms with van der Waals surface area (Å²) in [6, 6.07) is 9.95. The van der Waals surface area contributed by atoms with Crippen molar-refractivity contribution in [3.05, 3.63) is 41.7 Å². The van der Waals surface area contributed by atoms with Crippen LogP contribution in [0.4, 0.5) is 5.69 Å². The number of nitrogens with one attached hydrogen (secondary N) is 2. The number of ether oxygens (including phenoxy) is 1. The highest BCUT2D eigenvalue weighted by molar-refractivity contribution is 5.92. The fourth-order valence-corrected chi connectivity index (χ4v) is 3.59. The van der Waals surface area contributed by atoms with Gasteiger partial charge in [-0.05, 0) is 39.8 Å². The van der Waals surface area contributed by atoms with E-state index in [1.807, 2.05) is 48.9 Å². The van der Waals surface area contributed by atoms with Crippen LogP contribution in [0.5, 0.6) is 0 Å². The van der Waals surface area contributed by atoms with Gasteiger partial charge in [-0.3, -0.25) is 4.79 Å². The van der Waals surface area contributed by atoms with Crippen LogP contribution in [0.2, 0.25) is 0 Å². The summed E-state index contributed by atoms with van der Waals surface area (Å²) in [5.74, 6) is 0.0233. The number of carbonyl (C=O) groups is 1. The lowest BCUT2D eigenvalue weighted by Gasteiger charge is -2.31. The van der Waals surface area contributed by atoms with Gasteiger partial charge in [0.2, 0.25) is 0 Å². The van der Waals surface area contributed by atoms with Crippen LogP contribution >= 0.6 is 0 Å². The van der Waals surface area contributed by atoms with Gasteiger partial charge in [0.25, 0.3) is 5.91 Å². The molecular weight excluding hydrogens is 316 g/mol. The predicted octanol–water partition coefficient (Wildman–Crippen LogP) is 1.12. The molecule has 1 aromatic carbocycles. The molecule has 6 heteroatoms. The lowest BCUT2D eigenvalue weighted by Crippen LogP contribution is -3.16. The number of morpholine rings is 1. The molecule has 134 valence electrons. The number of rotatable bonds is 4. The molecule has 1 amide bonds. The molecule has 0 unspecified atom stereocenters. The smallest absolute Gasteiger partial charge is 0.279 e. The van der Waals surface area contributed by atoms with E-state index in [1.165, 1.54) is 4.90 Å². The second-order valence-corrected chi connectivity index (χ2v) is 6.93. The first kappa shape index (κ1) is 17.6. The third kappa shape index (κ3) is 4.08. The molecule has 1 aliphatic rings. The Bertz CT molecular complexity index is 731. The maximum atomic E-state index is 12.5. The highest BCUT2D eigenvalue weighted by Crippen LogP contribution is 2.22. The average molecular weight is 343 g/mol. The highest BCUT2D eigenvalue weighted by Gasteiger charge is 2.27. The first-order valence-electron chi connectivity index (χ1n) is 8.84. The number of anilines is 1. The number of para-hydroxylation sites is 1. The molecule has 3 rings (SSSR count). The number of hydrogen-bond acceptors (Lipinski definition) is 3. The predicted molar refractivity (Wildman–Crippen MR) is 97.2 cm³/mol. The number of aryl methyl sites for hydroxylation is 1. The summed E-state index contributed by atoms with van der Waals surface area (Å²) in [5.41, 5.74) is 3.57. The van der Waals surface area contributed by atoms with Crippen molar-refractivity contribution in [2.45, 2.75) is 39.9 Å². The molecule has 2 atom stereocenters.